The average molecular weight is 332 g/mol. The summed E-state index contributed by atoms with van der Waals surface area (Å²) in [5.41, 5.74) is 0. The van der Waals surface area contributed by atoms with Gasteiger partial charge in [-0.15, -0.1) is 0 Å². The maximum atomic E-state index is 5.75. The number of benzene rings is 1. The van der Waals surface area contributed by atoms with Crippen molar-refractivity contribution < 1.29 is 4.74 Å². The highest BCUT2D eigenvalue weighted by atomic mass is 16.5. The van der Waals surface area contributed by atoms with Crippen LogP contribution in [0.2, 0.25) is 0 Å². The van der Waals surface area contributed by atoms with Gasteiger partial charge in [0, 0.05) is 39.3 Å². The molecule has 2 rings (SSSR count). The Morgan fingerprint density at radius 2 is 1.96 bits per heavy atom. The van der Waals surface area contributed by atoms with Gasteiger partial charge in [0.2, 0.25) is 0 Å². The van der Waals surface area contributed by atoms with E-state index in [2.05, 4.69) is 34.0 Å². The summed E-state index contributed by atoms with van der Waals surface area (Å²) >= 11 is 0. The molecule has 0 bridgehead atoms. The Kier molecular flexibility index (Phi) is 7.37. The van der Waals surface area contributed by atoms with Gasteiger partial charge in [0.1, 0.15) is 12.4 Å². The summed E-state index contributed by atoms with van der Waals surface area (Å²) in [7, 11) is 3.88. The number of para-hydroxylation sites is 1. The first kappa shape index (κ1) is 18.6. The number of ether oxygens (including phenoxy) is 1. The molecule has 0 spiro atoms. The second kappa shape index (κ2) is 9.52. The van der Waals surface area contributed by atoms with E-state index in [9.17, 15) is 0 Å². The van der Waals surface area contributed by atoms with Crippen LogP contribution in [0.25, 0.3) is 0 Å². The summed E-state index contributed by atoms with van der Waals surface area (Å²) in [6.45, 7) is 7.98. The maximum Gasteiger partial charge on any atom is 0.193 e. The molecular weight excluding hydrogens is 300 g/mol. The maximum absolute atomic E-state index is 5.75. The van der Waals surface area contributed by atoms with Gasteiger partial charge in [0.25, 0.3) is 0 Å². The van der Waals surface area contributed by atoms with Gasteiger partial charge in [0.15, 0.2) is 5.96 Å². The Labute approximate surface area is 146 Å². The van der Waals surface area contributed by atoms with Crippen LogP contribution in [0.3, 0.4) is 0 Å². The van der Waals surface area contributed by atoms with E-state index >= 15 is 0 Å². The predicted molar refractivity (Wildman–Crippen MR) is 101 cm³/mol. The minimum atomic E-state index is 0.610. The van der Waals surface area contributed by atoms with Gasteiger partial charge < -0.3 is 15.0 Å². The number of hydrogen-bond acceptors (Lipinski definition) is 3. The van der Waals surface area contributed by atoms with E-state index in [1.165, 1.54) is 12.8 Å². The fourth-order valence-electron chi connectivity index (χ4n) is 2.87. The third-order valence-electron chi connectivity index (χ3n) is 4.34. The van der Waals surface area contributed by atoms with Crippen LogP contribution in [-0.4, -0.2) is 68.2 Å². The molecule has 0 amide bonds. The van der Waals surface area contributed by atoms with Gasteiger partial charge in [-0.1, -0.05) is 18.2 Å². The van der Waals surface area contributed by atoms with Crippen LogP contribution in [0.15, 0.2) is 35.3 Å². The molecule has 24 heavy (non-hydrogen) atoms. The van der Waals surface area contributed by atoms with Crippen LogP contribution in [-0.2, 0) is 0 Å². The summed E-state index contributed by atoms with van der Waals surface area (Å²) < 4.78 is 5.75. The van der Waals surface area contributed by atoms with Gasteiger partial charge >= 0.3 is 0 Å². The van der Waals surface area contributed by atoms with Gasteiger partial charge in [-0.25, -0.2) is 0 Å². The minimum absolute atomic E-state index is 0.610. The summed E-state index contributed by atoms with van der Waals surface area (Å²) in [6, 6.07) is 11.3. The van der Waals surface area contributed by atoms with E-state index in [4.69, 9.17) is 4.74 Å². The highest BCUT2D eigenvalue weighted by Gasteiger charge is 2.30. The number of guanidine groups is 1. The van der Waals surface area contributed by atoms with Crippen molar-refractivity contribution in [2.75, 3.05) is 40.3 Å². The van der Waals surface area contributed by atoms with E-state index in [1.54, 1.807) is 0 Å². The van der Waals surface area contributed by atoms with Crippen LogP contribution in [0.5, 0.6) is 5.75 Å². The van der Waals surface area contributed by atoms with Crippen LogP contribution < -0.4 is 10.1 Å². The monoisotopic (exact) mass is 332 g/mol. The molecule has 1 N–H and O–H groups in total. The molecule has 1 aliphatic rings. The van der Waals surface area contributed by atoms with E-state index < -0.39 is 0 Å². The second-order valence-corrected chi connectivity index (χ2v) is 6.62. The number of rotatable bonds is 9. The molecule has 1 aromatic carbocycles. The Morgan fingerprint density at radius 3 is 2.54 bits per heavy atom. The van der Waals surface area contributed by atoms with Gasteiger partial charge in [-0.3, -0.25) is 9.89 Å². The highest BCUT2D eigenvalue weighted by molar-refractivity contribution is 5.79. The molecule has 1 aliphatic carbocycles. The largest absolute Gasteiger partial charge is 0.492 e. The normalized spacial score (nSPS) is 15.0. The molecule has 0 aromatic heterocycles. The molecule has 0 unspecified atom stereocenters. The van der Waals surface area contributed by atoms with Crippen molar-refractivity contribution in [2.24, 2.45) is 4.99 Å². The predicted octanol–water partition coefficient (Wildman–Crippen LogP) is 2.45. The standard InChI is InChI=1S/C19H32N4O/c1-16(2)23(17-10-11-17)13-12-21-19(20-3)22(4)14-15-24-18-8-6-5-7-9-18/h5-9,16-17H,10-15H2,1-4H3,(H,20,21). The van der Waals surface area contributed by atoms with Gasteiger partial charge in [0.05, 0.1) is 6.54 Å². The van der Waals surface area contributed by atoms with Crippen molar-refractivity contribution in [1.29, 1.82) is 0 Å². The van der Waals surface area contributed by atoms with E-state index in [1.807, 2.05) is 44.4 Å². The fourth-order valence-corrected chi connectivity index (χ4v) is 2.87. The third-order valence-corrected chi connectivity index (χ3v) is 4.34. The second-order valence-electron chi connectivity index (χ2n) is 6.62. The van der Waals surface area contributed by atoms with Crippen molar-refractivity contribution in [3.63, 3.8) is 0 Å². The Morgan fingerprint density at radius 1 is 1.25 bits per heavy atom. The molecule has 0 heterocycles. The summed E-state index contributed by atoms with van der Waals surface area (Å²) in [5, 5.41) is 3.46. The summed E-state index contributed by atoms with van der Waals surface area (Å²) in [6.07, 6.45) is 2.70. The number of nitrogens with zero attached hydrogens (tertiary/aromatic N) is 3. The molecule has 5 heteroatoms. The number of aliphatic imine (C=N–C) groups is 1. The third kappa shape index (κ3) is 6.04. The molecule has 5 nitrogen and oxygen atoms in total. The lowest BCUT2D eigenvalue weighted by molar-refractivity contribution is 0.214. The van der Waals surface area contributed by atoms with Crippen molar-refractivity contribution >= 4 is 5.96 Å². The fraction of sp³-hybridized carbons (Fsp3) is 0.632. The first-order chi connectivity index (χ1) is 11.6. The topological polar surface area (TPSA) is 40.1 Å². The summed E-state index contributed by atoms with van der Waals surface area (Å²) in [5.74, 6) is 1.83. The van der Waals surface area contributed by atoms with Gasteiger partial charge in [-0.05, 0) is 38.8 Å². The molecule has 0 aliphatic heterocycles. The first-order valence-corrected chi connectivity index (χ1v) is 8.97. The van der Waals surface area contributed by atoms with Crippen molar-refractivity contribution in [3.8, 4) is 5.75 Å². The van der Waals surface area contributed by atoms with E-state index in [0.717, 1.165) is 37.4 Å². The Balaban J connectivity index is 1.68. The number of nitrogens with one attached hydrogen (secondary N) is 1. The zero-order chi connectivity index (χ0) is 17.4. The molecule has 0 atom stereocenters. The zero-order valence-electron chi connectivity index (χ0n) is 15.5. The van der Waals surface area contributed by atoms with E-state index in [0.29, 0.717) is 12.6 Å². The molecule has 1 saturated carbocycles. The SMILES string of the molecule is CN=C(NCCN(C(C)C)C1CC1)N(C)CCOc1ccccc1. The van der Waals surface area contributed by atoms with E-state index in [-0.39, 0.29) is 0 Å². The van der Waals surface area contributed by atoms with Crippen LogP contribution in [0.4, 0.5) is 0 Å². The number of hydrogen-bond donors (Lipinski definition) is 1. The molecular formula is C19H32N4O. The Hall–Kier alpha value is -1.75. The van der Waals surface area contributed by atoms with Crippen molar-refractivity contribution in [1.82, 2.24) is 15.1 Å². The van der Waals surface area contributed by atoms with Crippen LogP contribution >= 0.6 is 0 Å². The van der Waals surface area contributed by atoms with Crippen LogP contribution in [0.1, 0.15) is 26.7 Å². The lowest BCUT2D eigenvalue weighted by Crippen LogP contribution is -2.45. The quantitative estimate of drug-likeness (QED) is 0.557. The average Bonchev–Trinajstić information content (AvgIpc) is 3.40. The van der Waals surface area contributed by atoms with Crippen LogP contribution in [0, 0.1) is 0 Å². The van der Waals surface area contributed by atoms with Gasteiger partial charge in [-0.2, -0.15) is 0 Å². The zero-order valence-corrected chi connectivity index (χ0v) is 15.5. The first-order valence-electron chi connectivity index (χ1n) is 8.97. The highest BCUT2D eigenvalue weighted by Crippen LogP contribution is 2.27. The van der Waals surface area contributed by atoms with Crippen molar-refractivity contribution in [3.05, 3.63) is 30.3 Å². The van der Waals surface area contributed by atoms with Crippen molar-refractivity contribution in [2.45, 2.75) is 38.8 Å². The lowest BCUT2D eigenvalue weighted by atomic mass is 10.3. The molecule has 0 saturated heterocycles. The molecule has 134 valence electrons. The smallest absolute Gasteiger partial charge is 0.193 e. The minimum Gasteiger partial charge on any atom is -0.492 e. The summed E-state index contributed by atoms with van der Waals surface area (Å²) in [4.78, 5) is 9.07. The lowest BCUT2D eigenvalue weighted by Gasteiger charge is -2.28. The number of likely N-dealkylation sites (N-methyl/N-ethyl adjacent to an activating group) is 1. The molecule has 1 fully saturated rings. The Bertz CT molecular complexity index is 497. The molecule has 1 aromatic rings. The molecule has 0 radical (unpaired) electrons.